The third-order valence-electron chi connectivity index (χ3n) is 2.87. The number of carbonyl (C=O) groups excluding carboxylic acids is 1. The first-order valence-corrected chi connectivity index (χ1v) is 6.37. The highest BCUT2D eigenvalue weighted by molar-refractivity contribution is 6.27. The fourth-order valence-corrected chi connectivity index (χ4v) is 1.81. The first kappa shape index (κ1) is 14.0. The molecule has 0 atom stereocenters. The normalized spacial score (nSPS) is 11.6. The summed E-state index contributed by atoms with van der Waals surface area (Å²) in [6, 6.07) is 8.33. The molecular weight excluding hydrogens is 234 g/mol. The largest absolute Gasteiger partial charge is 0.346 e. The maximum Gasteiger partial charge on any atom is 0.235 e. The molecule has 1 amide bonds. The van der Waals surface area contributed by atoms with Crippen LogP contribution in [0.2, 0.25) is 0 Å². The zero-order valence-electron chi connectivity index (χ0n) is 10.9. The van der Waals surface area contributed by atoms with Crippen molar-refractivity contribution in [2.24, 2.45) is 0 Å². The molecule has 1 aromatic carbocycles. The number of hydrogen-bond acceptors (Lipinski definition) is 1. The second-order valence-corrected chi connectivity index (χ2v) is 5.35. The number of amides is 1. The van der Waals surface area contributed by atoms with Crippen LogP contribution in [0.4, 0.5) is 0 Å². The quantitative estimate of drug-likeness (QED) is 0.819. The summed E-state index contributed by atoms with van der Waals surface area (Å²) in [5, 5.41) is 2.90. The lowest BCUT2D eigenvalue weighted by Gasteiger charge is -2.27. The van der Waals surface area contributed by atoms with Gasteiger partial charge in [-0.3, -0.25) is 4.79 Å². The van der Waals surface area contributed by atoms with Gasteiger partial charge >= 0.3 is 0 Å². The molecule has 0 saturated carbocycles. The van der Waals surface area contributed by atoms with Crippen LogP contribution < -0.4 is 5.32 Å². The van der Waals surface area contributed by atoms with Gasteiger partial charge in [-0.05, 0) is 30.9 Å². The second kappa shape index (κ2) is 5.54. The van der Waals surface area contributed by atoms with Gasteiger partial charge < -0.3 is 5.32 Å². The molecule has 0 aliphatic carbocycles. The van der Waals surface area contributed by atoms with Gasteiger partial charge in [-0.2, -0.15) is 0 Å². The first-order valence-electron chi connectivity index (χ1n) is 5.84. The van der Waals surface area contributed by atoms with Crippen LogP contribution in [0.5, 0.6) is 0 Å². The molecule has 0 unspecified atom stereocenters. The number of benzene rings is 1. The number of halogens is 1. The Morgan fingerprint density at radius 2 is 1.82 bits per heavy atom. The molecule has 0 fully saturated rings. The molecule has 1 N–H and O–H groups in total. The lowest BCUT2D eigenvalue weighted by atomic mass is 9.91. The predicted molar refractivity (Wildman–Crippen MR) is 72.4 cm³/mol. The minimum Gasteiger partial charge on any atom is -0.346 e. The highest BCUT2D eigenvalue weighted by atomic mass is 35.5. The zero-order valence-corrected chi connectivity index (χ0v) is 11.6. The molecule has 0 aromatic heterocycles. The highest BCUT2D eigenvalue weighted by Gasteiger charge is 2.22. The number of carbonyl (C=O) groups is 1. The van der Waals surface area contributed by atoms with Gasteiger partial charge in [0.25, 0.3) is 0 Å². The molecule has 3 heteroatoms. The second-order valence-electron chi connectivity index (χ2n) is 5.08. The molecule has 0 heterocycles. The van der Waals surface area contributed by atoms with Crippen molar-refractivity contribution in [1.82, 2.24) is 5.32 Å². The van der Waals surface area contributed by atoms with Crippen LogP contribution in [0.25, 0.3) is 0 Å². The van der Waals surface area contributed by atoms with Crippen molar-refractivity contribution >= 4 is 17.5 Å². The topological polar surface area (TPSA) is 29.1 Å². The Hall–Kier alpha value is -1.02. The van der Waals surface area contributed by atoms with Gasteiger partial charge in [-0.25, -0.2) is 0 Å². The van der Waals surface area contributed by atoms with E-state index in [0.717, 1.165) is 5.56 Å². The third-order valence-corrected chi connectivity index (χ3v) is 3.12. The van der Waals surface area contributed by atoms with Gasteiger partial charge in [0.1, 0.15) is 5.88 Å². The summed E-state index contributed by atoms with van der Waals surface area (Å²) in [5.74, 6) is 0.363. The lowest BCUT2D eigenvalue weighted by molar-refractivity contribution is -0.120. The van der Waals surface area contributed by atoms with Crippen molar-refractivity contribution in [1.29, 1.82) is 0 Å². The summed E-state index contributed by atoms with van der Waals surface area (Å²) in [4.78, 5) is 11.3. The molecular formula is C14H20ClNO. The van der Waals surface area contributed by atoms with Crippen molar-refractivity contribution in [3.8, 4) is 0 Å². The van der Waals surface area contributed by atoms with Crippen LogP contribution in [0, 0.1) is 0 Å². The summed E-state index contributed by atoms with van der Waals surface area (Å²) in [6.45, 7) is 8.27. The van der Waals surface area contributed by atoms with Crippen molar-refractivity contribution in [2.75, 3.05) is 5.88 Å². The van der Waals surface area contributed by atoms with E-state index in [9.17, 15) is 4.79 Å². The van der Waals surface area contributed by atoms with Crippen LogP contribution in [0.3, 0.4) is 0 Å². The number of rotatable bonds is 4. The maximum absolute atomic E-state index is 11.3. The van der Waals surface area contributed by atoms with Crippen molar-refractivity contribution in [2.45, 2.75) is 39.2 Å². The molecule has 0 radical (unpaired) electrons. The molecule has 94 valence electrons. The maximum atomic E-state index is 11.3. The van der Waals surface area contributed by atoms with Crippen molar-refractivity contribution in [3.05, 3.63) is 35.4 Å². The van der Waals surface area contributed by atoms with E-state index in [0.29, 0.717) is 5.92 Å². The monoisotopic (exact) mass is 253 g/mol. The third kappa shape index (κ3) is 3.74. The van der Waals surface area contributed by atoms with Crippen LogP contribution >= 0.6 is 11.6 Å². The molecule has 0 aliphatic rings. The Morgan fingerprint density at radius 1 is 1.29 bits per heavy atom. The first-order chi connectivity index (χ1) is 7.86. The minimum atomic E-state index is -0.387. The van der Waals surface area contributed by atoms with Gasteiger partial charge in [0.05, 0.1) is 5.54 Å². The van der Waals surface area contributed by atoms with Gasteiger partial charge in [-0.15, -0.1) is 11.6 Å². The molecule has 1 rings (SSSR count). The van der Waals surface area contributed by atoms with Gasteiger partial charge in [0, 0.05) is 0 Å². The standard InChI is InChI=1S/C14H20ClNO/c1-10(2)11-5-7-12(8-6-11)14(3,4)16-13(17)9-15/h5-8,10H,9H2,1-4H3,(H,16,17). The molecule has 0 saturated heterocycles. The SMILES string of the molecule is CC(C)c1ccc(C(C)(C)NC(=O)CCl)cc1. The van der Waals surface area contributed by atoms with Gasteiger partial charge in [0.2, 0.25) is 5.91 Å². The molecule has 2 nitrogen and oxygen atoms in total. The van der Waals surface area contributed by atoms with E-state index >= 15 is 0 Å². The zero-order chi connectivity index (χ0) is 13.1. The number of alkyl halides is 1. The fraction of sp³-hybridized carbons (Fsp3) is 0.500. The Morgan fingerprint density at radius 3 is 2.24 bits per heavy atom. The molecule has 17 heavy (non-hydrogen) atoms. The van der Waals surface area contributed by atoms with Crippen LogP contribution in [0.1, 0.15) is 44.7 Å². The summed E-state index contributed by atoms with van der Waals surface area (Å²) in [5.41, 5.74) is 2.00. The van der Waals surface area contributed by atoms with Gasteiger partial charge in [0.15, 0.2) is 0 Å². The summed E-state index contributed by atoms with van der Waals surface area (Å²) < 4.78 is 0. The predicted octanol–water partition coefficient (Wildman–Crippen LogP) is 3.40. The average Bonchev–Trinajstić information content (AvgIpc) is 2.28. The molecule has 0 bridgehead atoms. The minimum absolute atomic E-state index is 0.00644. The summed E-state index contributed by atoms with van der Waals surface area (Å²) >= 11 is 5.50. The average molecular weight is 254 g/mol. The van der Waals surface area contributed by atoms with Crippen LogP contribution in [-0.4, -0.2) is 11.8 Å². The van der Waals surface area contributed by atoms with Crippen LogP contribution in [0.15, 0.2) is 24.3 Å². The Balaban J connectivity index is 2.87. The van der Waals surface area contributed by atoms with E-state index < -0.39 is 0 Å². The van der Waals surface area contributed by atoms with E-state index in [4.69, 9.17) is 11.6 Å². The van der Waals surface area contributed by atoms with E-state index in [2.05, 4.69) is 43.4 Å². The fourth-order valence-electron chi connectivity index (χ4n) is 1.74. The van der Waals surface area contributed by atoms with E-state index in [1.54, 1.807) is 0 Å². The number of nitrogens with one attached hydrogen (secondary N) is 1. The Kier molecular flexibility index (Phi) is 4.58. The Bertz CT molecular complexity index is 382. The van der Waals surface area contributed by atoms with Gasteiger partial charge in [-0.1, -0.05) is 38.1 Å². The molecule has 1 aromatic rings. The van der Waals surface area contributed by atoms with Crippen molar-refractivity contribution < 1.29 is 4.79 Å². The summed E-state index contributed by atoms with van der Waals surface area (Å²) in [7, 11) is 0. The van der Waals surface area contributed by atoms with E-state index in [1.165, 1.54) is 5.56 Å². The summed E-state index contributed by atoms with van der Waals surface area (Å²) in [6.07, 6.45) is 0. The van der Waals surface area contributed by atoms with E-state index in [-0.39, 0.29) is 17.3 Å². The highest BCUT2D eigenvalue weighted by Crippen LogP contribution is 2.22. The molecule has 0 spiro atoms. The number of hydrogen-bond donors (Lipinski definition) is 1. The smallest absolute Gasteiger partial charge is 0.235 e. The Labute approximate surface area is 108 Å². The molecule has 0 aliphatic heterocycles. The lowest BCUT2D eigenvalue weighted by Crippen LogP contribution is -2.41. The van der Waals surface area contributed by atoms with Crippen molar-refractivity contribution in [3.63, 3.8) is 0 Å². The van der Waals surface area contributed by atoms with E-state index in [1.807, 2.05) is 13.8 Å². The van der Waals surface area contributed by atoms with Crippen LogP contribution in [-0.2, 0) is 10.3 Å².